The first-order valence-electron chi connectivity index (χ1n) is 2.59. The van der Waals surface area contributed by atoms with E-state index in [1.165, 1.54) is 0 Å². The van der Waals surface area contributed by atoms with Gasteiger partial charge in [0.15, 0.2) is 8.67 Å². The van der Waals surface area contributed by atoms with E-state index in [-0.39, 0.29) is 10.1 Å². The number of rotatable bonds is 3. The van der Waals surface area contributed by atoms with Crippen LogP contribution in [0.5, 0.6) is 0 Å². The summed E-state index contributed by atoms with van der Waals surface area (Å²) < 4.78 is -3.53. The molecule has 0 radical (unpaired) electrons. The molecule has 0 aromatic heterocycles. The van der Waals surface area contributed by atoms with Crippen molar-refractivity contribution in [3.8, 4) is 0 Å². The van der Waals surface area contributed by atoms with E-state index in [2.05, 4.69) is 13.2 Å². The number of allylic oxidation sites excluding steroid dienone is 2. The summed E-state index contributed by atoms with van der Waals surface area (Å²) >= 11 is 33.7. The van der Waals surface area contributed by atoms with Crippen LogP contribution in [-0.2, 0) is 0 Å². The van der Waals surface area contributed by atoms with Crippen molar-refractivity contribution < 1.29 is 0 Å². The molecule has 0 aliphatic rings. The van der Waals surface area contributed by atoms with E-state index in [1.807, 2.05) is 0 Å². The van der Waals surface area contributed by atoms with Gasteiger partial charge in [0.2, 0.25) is 0 Å². The van der Waals surface area contributed by atoms with Crippen molar-refractivity contribution in [3.05, 3.63) is 23.2 Å². The minimum Gasteiger partial charge on any atom is -0.0915 e. The molecular formula is C6H4Cl6. The van der Waals surface area contributed by atoms with Crippen molar-refractivity contribution in [3.63, 3.8) is 0 Å². The summed E-state index contributed by atoms with van der Waals surface area (Å²) in [6, 6.07) is 0. The van der Waals surface area contributed by atoms with Gasteiger partial charge >= 0.3 is 0 Å². The molecule has 0 aliphatic heterocycles. The molecule has 0 bridgehead atoms. The van der Waals surface area contributed by atoms with Crippen LogP contribution in [-0.4, -0.2) is 8.67 Å². The SMILES string of the molecule is C=C(Cl)C(Cl)(Cl)C(Cl)(Cl)C(=C)Cl. The van der Waals surface area contributed by atoms with Crippen molar-refractivity contribution in [1.29, 1.82) is 0 Å². The van der Waals surface area contributed by atoms with Crippen molar-refractivity contribution >= 4 is 69.6 Å². The number of halogens is 6. The standard InChI is InChI=1S/C6H4Cl6/c1-3(7)5(9,10)6(11,12)4(2)8/h1-2H2. The number of hydrogen-bond acceptors (Lipinski definition) is 0. The summed E-state index contributed by atoms with van der Waals surface area (Å²) in [5.74, 6) is 0. The molecule has 0 fully saturated rings. The summed E-state index contributed by atoms with van der Waals surface area (Å²) in [5.41, 5.74) is 0. The van der Waals surface area contributed by atoms with Gasteiger partial charge in [0.1, 0.15) is 0 Å². The highest BCUT2D eigenvalue weighted by molar-refractivity contribution is 6.69. The molecule has 0 unspecified atom stereocenters. The second kappa shape index (κ2) is 4.16. The lowest BCUT2D eigenvalue weighted by Gasteiger charge is -2.31. The first-order valence-corrected chi connectivity index (χ1v) is 4.86. The van der Waals surface area contributed by atoms with E-state index in [4.69, 9.17) is 69.6 Å². The molecule has 70 valence electrons. The second-order valence-corrected chi connectivity index (χ2v) is 5.53. The molecule has 0 aliphatic carbocycles. The highest BCUT2D eigenvalue weighted by atomic mass is 35.5. The minimum absolute atomic E-state index is 0.127. The van der Waals surface area contributed by atoms with Crippen molar-refractivity contribution in [2.75, 3.05) is 0 Å². The van der Waals surface area contributed by atoms with Gasteiger partial charge in [-0.25, -0.2) is 0 Å². The number of hydrogen-bond donors (Lipinski definition) is 0. The van der Waals surface area contributed by atoms with Gasteiger partial charge in [0, 0.05) is 0 Å². The third-order valence-corrected chi connectivity index (χ3v) is 4.46. The van der Waals surface area contributed by atoms with Crippen LogP contribution < -0.4 is 0 Å². The predicted octanol–water partition coefficient (Wildman–Crippen LogP) is 4.84. The average molecular weight is 289 g/mol. The molecular weight excluding hydrogens is 285 g/mol. The lowest BCUT2D eigenvalue weighted by atomic mass is 10.2. The van der Waals surface area contributed by atoms with Crippen LogP contribution in [0.3, 0.4) is 0 Å². The third-order valence-electron chi connectivity index (χ3n) is 1.08. The topological polar surface area (TPSA) is 0 Å². The molecule has 6 heteroatoms. The largest absolute Gasteiger partial charge is 0.190 e. The predicted molar refractivity (Wildman–Crippen MR) is 58.9 cm³/mol. The molecule has 0 nitrogen and oxygen atoms in total. The van der Waals surface area contributed by atoms with Crippen LogP contribution >= 0.6 is 69.6 Å². The van der Waals surface area contributed by atoms with Gasteiger partial charge in [-0.15, -0.1) is 0 Å². The van der Waals surface area contributed by atoms with Crippen LogP contribution in [0, 0.1) is 0 Å². The molecule has 0 N–H and O–H groups in total. The Balaban J connectivity index is 5.01. The Morgan fingerprint density at radius 1 is 0.750 bits per heavy atom. The summed E-state index contributed by atoms with van der Waals surface area (Å²) in [4.78, 5) is 0. The Hall–Kier alpha value is 1.22. The quantitative estimate of drug-likeness (QED) is 0.652. The van der Waals surface area contributed by atoms with Crippen molar-refractivity contribution in [2.24, 2.45) is 0 Å². The minimum atomic E-state index is -1.77. The lowest BCUT2D eigenvalue weighted by molar-refractivity contribution is 0.883. The molecule has 0 spiro atoms. The maximum atomic E-state index is 5.68. The molecule has 12 heavy (non-hydrogen) atoms. The first kappa shape index (κ1) is 13.2. The Labute approximate surface area is 101 Å². The lowest BCUT2D eigenvalue weighted by Crippen LogP contribution is -2.36. The zero-order valence-corrected chi connectivity index (χ0v) is 10.2. The fourth-order valence-electron chi connectivity index (χ4n) is 0.341. The summed E-state index contributed by atoms with van der Waals surface area (Å²) in [5, 5.41) is -0.254. The summed E-state index contributed by atoms with van der Waals surface area (Å²) in [6.07, 6.45) is 0. The van der Waals surface area contributed by atoms with Gasteiger partial charge in [-0.2, -0.15) is 0 Å². The normalized spacial score (nSPS) is 12.8. The van der Waals surface area contributed by atoms with Crippen LogP contribution in [0.1, 0.15) is 0 Å². The zero-order chi connectivity index (χ0) is 10.2. The fraction of sp³-hybridized carbons (Fsp3) is 0.333. The van der Waals surface area contributed by atoms with Gasteiger partial charge in [-0.3, -0.25) is 0 Å². The van der Waals surface area contributed by atoms with E-state index in [0.717, 1.165) is 0 Å². The van der Waals surface area contributed by atoms with Gasteiger partial charge in [0.25, 0.3) is 0 Å². The maximum Gasteiger partial charge on any atom is 0.190 e. The summed E-state index contributed by atoms with van der Waals surface area (Å²) in [6.45, 7) is 6.62. The molecule has 0 rings (SSSR count). The molecule has 0 saturated carbocycles. The van der Waals surface area contributed by atoms with Gasteiger partial charge < -0.3 is 0 Å². The Morgan fingerprint density at radius 2 is 0.917 bits per heavy atom. The monoisotopic (exact) mass is 286 g/mol. The van der Waals surface area contributed by atoms with E-state index >= 15 is 0 Å². The van der Waals surface area contributed by atoms with Gasteiger partial charge in [0.05, 0.1) is 10.1 Å². The van der Waals surface area contributed by atoms with Gasteiger partial charge in [-0.1, -0.05) is 82.8 Å². The first-order chi connectivity index (χ1) is 5.14. The van der Waals surface area contributed by atoms with E-state index < -0.39 is 8.67 Å². The van der Waals surface area contributed by atoms with Crippen LogP contribution in [0.4, 0.5) is 0 Å². The molecule has 0 aromatic rings. The van der Waals surface area contributed by atoms with Crippen molar-refractivity contribution in [2.45, 2.75) is 8.67 Å². The molecule has 0 aromatic carbocycles. The van der Waals surface area contributed by atoms with E-state index in [0.29, 0.717) is 0 Å². The fourth-order valence-corrected chi connectivity index (χ4v) is 1.27. The van der Waals surface area contributed by atoms with Crippen LogP contribution in [0.25, 0.3) is 0 Å². The molecule has 0 heterocycles. The van der Waals surface area contributed by atoms with E-state index in [1.54, 1.807) is 0 Å². The van der Waals surface area contributed by atoms with Crippen LogP contribution in [0.2, 0.25) is 0 Å². The van der Waals surface area contributed by atoms with Crippen LogP contribution in [0.15, 0.2) is 23.2 Å². The molecule has 0 amide bonds. The Morgan fingerprint density at radius 3 is 1.00 bits per heavy atom. The highest BCUT2D eigenvalue weighted by Crippen LogP contribution is 2.52. The Bertz CT molecular complexity index is 192. The maximum absolute atomic E-state index is 5.68. The average Bonchev–Trinajstić information content (AvgIpc) is 1.86. The second-order valence-electron chi connectivity index (χ2n) is 1.96. The summed E-state index contributed by atoms with van der Waals surface area (Å²) in [7, 11) is 0. The van der Waals surface area contributed by atoms with Gasteiger partial charge in [-0.05, 0) is 0 Å². The Kier molecular flexibility index (Phi) is 4.59. The van der Waals surface area contributed by atoms with Crippen molar-refractivity contribution in [1.82, 2.24) is 0 Å². The third kappa shape index (κ3) is 2.37. The smallest absolute Gasteiger partial charge is 0.0915 e. The van der Waals surface area contributed by atoms with E-state index in [9.17, 15) is 0 Å². The zero-order valence-electron chi connectivity index (χ0n) is 5.68. The molecule has 0 saturated heterocycles. The number of alkyl halides is 4. The molecule has 0 atom stereocenters. The highest BCUT2D eigenvalue weighted by Gasteiger charge is 2.50.